The van der Waals surface area contributed by atoms with Crippen LogP contribution >= 0.6 is 11.6 Å². The summed E-state index contributed by atoms with van der Waals surface area (Å²) in [5.41, 5.74) is 10.1. The van der Waals surface area contributed by atoms with Gasteiger partial charge < -0.3 is 19.8 Å². The first-order valence-corrected chi connectivity index (χ1v) is 9.27. The third kappa shape index (κ3) is 3.75. The van der Waals surface area contributed by atoms with Crippen molar-refractivity contribution in [3.63, 3.8) is 0 Å². The van der Waals surface area contributed by atoms with Crippen molar-refractivity contribution in [2.24, 2.45) is 0 Å². The van der Waals surface area contributed by atoms with E-state index in [4.69, 9.17) is 26.8 Å². The van der Waals surface area contributed by atoms with Gasteiger partial charge in [0, 0.05) is 5.02 Å². The van der Waals surface area contributed by atoms with Crippen LogP contribution in [0.15, 0.2) is 66.7 Å². The second kappa shape index (κ2) is 7.82. The van der Waals surface area contributed by atoms with Crippen LogP contribution in [-0.2, 0) is 13.2 Å². The number of aromatic nitrogens is 2. The minimum absolute atomic E-state index is 0.436. The van der Waals surface area contributed by atoms with E-state index in [0.29, 0.717) is 35.6 Å². The number of benzene rings is 3. The third-order valence-corrected chi connectivity index (χ3v) is 4.81. The van der Waals surface area contributed by atoms with Crippen LogP contribution in [0, 0.1) is 0 Å². The maximum Gasteiger partial charge on any atom is 0.201 e. The molecule has 3 aromatic carbocycles. The monoisotopic (exact) mass is 393 g/mol. The number of methoxy groups -OCH3 is 1. The molecule has 0 aliphatic carbocycles. The molecule has 0 bridgehead atoms. The minimum Gasteiger partial charge on any atom is -0.493 e. The number of imidazole rings is 1. The topological polar surface area (TPSA) is 62.3 Å². The Balaban J connectivity index is 1.54. The molecule has 0 fully saturated rings. The fourth-order valence-corrected chi connectivity index (χ4v) is 3.24. The van der Waals surface area contributed by atoms with Gasteiger partial charge in [-0.3, -0.25) is 0 Å². The molecule has 142 valence electrons. The first-order chi connectivity index (χ1) is 13.6. The number of anilines is 1. The lowest BCUT2D eigenvalue weighted by molar-refractivity contribution is 0.284. The summed E-state index contributed by atoms with van der Waals surface area (Å²) >= 11 is 5.92. The second-order valence-corrected chi connectivity index (χ2v) is 6.88. The maximum atomic E-state index is 6.11. The number of ether oxygens (including phenoxy) is 2. The molecule has 0 saturated heterocycles. The Morgan fingerprint density at radius 2 is 1.71 bits per heavy atom. The maximum absolute atomic E-state index is 6.11. The predicted molar refractivity (Wildman–Crippen MR) is 112 cm³/mol. The highest BCUT2D eigenvalue weighted by molar-refractivity contribution is 6.30. The molecule has 0 aliphatic rings. The number of hydrogen-bond acceptors (Lipinski definition) is 4. The van der Waals surface area contributed by atoms with Crippen LogP contribution < -0.4 is 15.2 Å². The van der Waals surface area contributed by atoms with Crippen LogP contribution in [0.2, 0.25) is 5.02 Å². The Morgan fingerprint density at radius 1 is 0.964 bits per heavy atom. The first kappa shape index (κ1) is 18.2. The molecule has 4 aromatic rings. The number of fused-ring (bicyclic) bond motifs is 1. The van der Waals surface area contributed by atoms with Gasteiger partial charge in [-0.1, -0.05) is 41.9 Å². The van der Waals surface area contributed by atoms with E-state index in [-0.39, 0.29) is 0 Å². The third-order valence-electron chi connectivity index (χ3n) is 4.56. The van der Waals surface area contributed by atoms with Crippen LogP contribution in [0.25, 0.3) is 11.0 Å². The van der Waals surface area contributed by atoms with Crippen LogP contribution in [0.3, 0.4) is 0 Å². The van der Waals surface area contributed by atoms with Crippen LogP contribution in [0.1, 0.15) is 11.1 Å². The van der Waals surface area contributed by atoms with Crippen LogP contribution in [0.5, 0.6) is 11.5 Å². The molecule has 0 amide bonds. The number of para-hydroxylation sites is 2. The van der Waals surface area contributed by atoms with Crippen molar-refractivity contribution < 1.29 is 9.47 Å². The summed E-state index contributed by atoms with van der Waals surface area (Å²) in [6.45, 7) is 1.03. The SMILES string of the molecule is COc1cc(Cn2c(N)nc3ccccc32)ccc1OCc1ccc(Cl)cc1. The summed E-state index contributed by atoms with van der Waals surface area (Å²) in [6.07, 6.45) is 0. The highest BCUT2D eigenvalue weighted by Crippen LogP contribution is 2.30. The molecule has 0 unspecified atom stereocenters. The second-order valence-electron chi connectivity index (χ2n) is 6.45. The van der Waals surface area contributed by atoms with Gasteiger partial charge in [-0.2, -0.15) is 0 Å². The molecule has 1 heterocycles. The van der Waals surface area contributed by atoms with Crippen molar-refractivity contribution in [1.29, 1.82) is 0 Å². The van der Waals surface area contributed by atoms with E-state index in [2.05, 4.69) is 4.98 Å². The van der Waals surface area contributed by atoms with E-state index in [0.717, 1.165) is 22.2 Å². The van der Waals surface area contributed by atoms with E-state index in [1.165, 1.54) is 0 Å². The van der Waals surface area contributed by atoms with Crippen molar-refractivity contribution in [2.75, 3.05) is 12.8 Å². The molecule has 0 radical (unpaired) electrons. The number of halogens is 1. The largest absolute Gasteiger partial charge is 0.493 e. The van der Waals surface area contributed by atoms with Crippen molar-refractivity contribution in [1.82, 2.24) is 9.55 Å². The van der Waals surface area contributed by atoms with E-state index in [9.17, 15) is 0 Å². The highest BCUT2D eigenvalue weighted by Gasteiger charge is 2.11. The van der Waals surface area contributed by atoms with Gasteiger partial charge in [-0.25, -0.2) is 4.98 Å². The van der Waals surface area contributed by atoms with E-state index in [1.807, 2.05) is 71.3 Å². The molecule has 1 aromatic heterocycles. The molecule has 5 nitrogen and oxygen atoms in total. The molecule has 28 heavy (non-hydrogen) atoms. The quantitative estimate of drug-likeness (QED) is 0.505. The molecular formula is C22H20ClN3O2. The van der Waals surface area contributed by atoms with Crippen molar-refractivity contribution >= 4 is 28.6 Å². The summed E-state index contributed by atoms with van der Waals surface area (Å²) in [6, 6.07) is 21.4. The molecule has 0 atom stereocenters. The smallest absolute Gasteiger partial charge is 0.201 e. The normalized spacial score (nSPS) is 10.9. The van der Waals surface area contributed by atoms with Gasteiger partial charge in [0.15, 0.2) is 11.5 Å². The van der Waals surface area contributed by atoms with Crippen molar-refractivity contribution in [2.45, 2.75) is 13.2 Å². The Bertz CT molecular complexity index is 1110. The number of nitrogens with two attached hydrogens (primary N) is 1. The number of hydrogen-bond donors (Lipinski definition) is 1. The number of nitrogens with zero attached hydrogens (tertiary/aromatic N) is 2. The van der Waals surface area contributed by atoms with Gasteiger partial charge in [0.25, 0.3) is 0 Å². The van der Waals surface area contributed by atoms with Gasteiger partial charge in [-0.15, -0.1) is 0 Å². The van der Waals surface area contributed by atoms with E-state index >= 15 is 0 Å². The van der Waals surface area contributed by atoms with Gasteiger partial charge in [0.1, 0.15) is 6.61 Å². The van der Waals surface area contributed by atoms with Crippen molar-refractivity contribution in [3.8, 4) is 11.5 Å². The van der Waals surface area contributed by atoms with Gasteiger partial charge in [0.2, 0.25) is 5.95 Å². The predicted octanol–water partition coefficient (Wildman–Crippen LogP) is 4.91. The van der Waals surface area contributed by atoms with Crippen LogP contribution in [0.4, 0.5) is 5.95 Å². The average Bonchev–Trinajstić information content (AvgIpc) is 3.03. The Morgan fingerprint density at radius 3 is 2.50 bits per heavy atom. The number of nitrogen functional groups attached to an aromatic ring is 1. The van der Waals surface area contributed by atoms with Gasteiger partial charge in [0.05, 0.1) is 24.7 Å². The van der Waals surface area contributed by atoms with Crippen LogP contribution in [-0.4, -0.2) is 16.7 Å². The molecule has 0 spiro atoms. The fourth-order valence-electron chi connectivity index (χ4n) is 3.11. The molecule has 2 N–H and O–H groups in total. The average molecular weight is 394 g/mol. The zero-order chi connectivity index (χ0) is 19.5. The van der Waals surface area contributed by atoms with E-state index < -0.39 is 0 Å². The van der Waals surface area contributed by atoms with Crippen molar-refractivity contribution in [3.05, 3.63) is 82.9 Å². The zero-order valence-electron chi connectivity index (χ0n) is 15.4. The summed E-state index contributed by atoms with van der Waals surface area (Å²) in [4.78, 5) is 4.41. The fraction of sp³-hybridized carbons (Fsp3) is 0.136. The Hall–Kier alpha value is -3.18. The summed E-state index contributed by atoms with van der Waals surface area (Å²) in [7, 11) is 1.63. The minimum atomic E-state index is 0.436. The van der Waals surface area contributed by atoms with E-state index in [1.54, 1.807) is 7.11 Å². The lowest BCUT2D eigenvalue weighted by Gasteiger charge is -2.13. The Kier molecular flexibility index (Phi) is 5.08. The summed E-state index contributed by atoms with van der Waals surface area (Å²) in [5, 5.41) is 0.706. The molecule has 0 aliphatic heterocycles. The highest BCUT2D eigenvalue weighted by atomic mass is 35.5. The van der Waals surface area contributed by atoms with Gasteiger partial charge >= 0.3 is 0 Å². The number of rotatable bonds is 6. The lowest BCUT2D eigenvalue weighted by atomic mass is 10.2. The first-order valence-electron chi connectivity index (χ1n) is 8.89. The molecular weight excluding hydrogens is 374 g/mol. The zero-order valence-corrected chi connectivity index (χ0v) is 16.2. The standard InChI is InChI=1S/C22H20ClN3O2/c1-27-21-12-16(13-26-19-5-3-2-4-18(19)25-22(26)24)8-11-20(21)28-14-15-6-9-17(23)10-7-15/h2-12H,13-14H2,1H3,(H2,24,25). The van der Waals surface area contributed by atoms with Gasteiger partial charge in [-0.05, 0) is 47.5 Å². The molecule has 6 heteroatoms. The molecule has 4 rings (SSSR count). The Labute approximate surface area is 168 Å². The molecule has 0 saturated carbocycles. The lowest BCUT2D eigenvalue weighted by Crippen LogP contribution is -2.05. The summed E-state index contributed by atoms with van der Waals surface area (Å²) < 4.78 is 13.4. The summed E-state index contributed by atoms with van der Waals surface area (Å²) in [5.74, 6) is 1.85.